The highest BCUT2D eigenvalue weighted by atomic mass is 16.4. The minimum Gasteiger partial charge on any atom is -0.478 e. The Bertz CT molecular complexity index is 2120. The second-order valence-electron chi connectivity index (χ2n) is 11.1. The minimum atomic E-state index is -1.26. The van der Waals surface area contributed by atoms with Crippen LogP contribution >= 0.6 is 0 Å². The van der Waals surface area contributed by atoms with Crippen molar-refractivity contribution in [3.05, 3.63) is 120 Å². The molecule has 2 heterocycles. The van der Waals surface area contributed by atoms with E-state index in [0.29, 0.717) is 24.3 Å². The van der Waals surface area contributed by atoms with E-state index in [0.717, 1.165) is 74.4 Å². The van der Waals surface area contributed by atoms with Crippen molar-refractivity contribution in [1.29, 1.82) is 0 Å². The molecule has 0 bridgehead atoms. The summed E-state index contributed by atoms with van der Waals surface area (Å²) >= 11 is 0. The van der Waals surface area contributed by atoms with Crippen molar-refractivity contribution in [3.63, 3.8) is 0 Å². The Morgan fingerprint density at radius 1 is 0.787 bits per heavy atom. The number of benzene rings is 4. The van der Waals surface area contributed by atoms with E-state index in [-0.39, 0.29) is 0 Å². The summed E-state index contributed by atoms with van der Waals surface area (Å²) in [5.41, 5.74) is 9.46. The maximum Gasteiger partial charge on any atom is 0.336 e. The zero-order chi connectivity index (χ0) is 33.7. The molecule has 6 aromatic rings. The highest BCUT2D eigenvalue weighted by Gasteiger charge is 2.17. The third kappa shape index (κ3) is 7.12. The first-order chi connectivity index (χ1) is 22.6. The molecule has 4 aromatic carbocycles. The molecule has 3 N–H and O–H groups in total. The highest BCUT2D eigenvalue weighted by molar-refractivity contribution is 5.96. The number of aromatic nitrogens is 4. The zero-order valence-electron chi connectivity index (χ0n) is 26.2. The largest absolute Gasteiger partial charge is 0.478 e. The fourth-order valence-corrected chi connectivity index (χ4v) is 5.60. The Kier molecular flexibility index (Phi) is 9.60. The molecule has 238 valence electrons. The van der Waals surface area contributed by atoms with E-state index in [2.05, 4.69) is 60.4 Å². The van der Waals surface area contributed by atoms with Gasteiger partial charge in [0.1, 0.15) is 11.6 Å². The Hall–Kier alpha value is -6.03. The number of carbonyl (C=O) groups is 3. The molecule has 10 nitrogen and oxygen atoms in total. The minimum absolute atomic E-state index is 0.307. The van der Waals surface area contributed by atoms with Gasteiger partial charge in [0.2, 0.25) is 0 Å². The smallest absolute Gasteiger partial charge is 0.336 e. The Balaban J connectivity index is 0.000000483. The molecule has 0 aliphatic rings. The van der Waals surface area contributed by atoms with Crippen LogP contribution in [0.5, 0.6) is 0 Å². The Morgan fingerprint density at radius 2 is 1.45 bits per heavy atom. The molecule has 2 aromatic heterocycles. The lowest BCUT2D eigenvalue weighted by atomic mass is 9.98. The van der Waals surface area contributed by atoms with E-state index in [1.165, 1.54) is 0 Å². The van der Waals surface area contributed by atoms with Gasteiger partial charge in [-0.25, -0.2) is 24.4 Å². The number of carboxylic acids is 3. The van der Waals surface area contributed by atoms with Crippen LogP contribution in [-0.4, -0.2) is 52.3 Å². The van der Waals surface area contributed by atoms with Gasteiger partial charge in [-0.05, 0) is 65.9 Å². The van der Waals surface area contributed by atoms with Crippen LogP contribution in [-0.2, 0) is 29.6 Å². The lowest BCUT2D eigenvalue weighted by Gasteiger charge is -2.12. The van der Waals surface area contributed by atoms with Crippen molar-refractivity contribution in [1.82, 2.24) is 19.1 Å². The van der Waals surface area contributed by atoms with Crippen molar-refractivity contribution in [3.8, 4) is 22.5 Å². The summed E-state index contributed by atoms with van der Waals surface area (Å²) in [6.45, 7) is 4.98. The summed E-state index contributed by atoms with van der Waals surface area (Å²) in [7, 11) is 2.06. The lowest BCUT2D eigenvalue weighted by molar-refractivity contribution is -0.134. The van der Waals surface area contributed by atoms with Gasteiger partial charge in [0.15, 0.2) is 0 Å². The number of aryl methyl sites for hydroxylation is 3. The fraction of sp³-hybridized carbons (Fsp3) is 0.162. The number of nitrogens with zero attached hydrogens (tertiary/aromatic N) is 4. The number of hydrogen-bond donors (Lipinski definition) is 3. The topological polar surface area (TPSA) is 148 Å². The number of imidazole rings is 2. The SMILES string of the molecule is CCCc1nc2c(C)cc(-c3nc4ccccc4n3C)cc2n1Cc1ccc(-c2ccccc2C(=O)O)cc1.O=C(O)C=CC(=O)O. The summed E-state index contributed by atoms with van der Waals surface area (Å²) in [5.74, 6) is -1.43. The van der Waals surface area contributed by atoms with Gasteiger partial charge < -0.3 is 24.5 Å². The van der Waals surface area contributed by atoms with Crippen LogP contribution in [0.4, 0.5) is 0 Å². The average molecular weight is 631 g/mol. The van der Waals surface area contributed by atoms with Gasteiger partial charge in [-0.2, -0.15) is 0 Å². The molecule has 0 spiro atoms. The first kappa shape index (κ1) is 32.4. The highest BCUT2D eigenvalue weighted by Crippen LogP contribution is 2.31. The predicted octanol–water partition coefficient (Wildman–Crippen LogP) is 6.98. The molecule has 6 rings (SSSR count). The van der Waals surface area contributed by atoms with Crippen molar-refractivity contribution in [2.45, 2.75) is 33.2 Å². The van der Waals surface area contributed by atoms with Gasteiger partial charge >= 0.3 is 17.9 Å². The second-order valence-corrected chi connectivity index (χ2v) is 11.1. The normalized spacial score (nSPS) is 11.1. The predicted molar refractivity (Wildman–Crippen MR) is 181 cm³/mol. The first-order valence-corrected chi connectivity index (χ1v) is 15.0. The van der Waals surface area contributed by atoms with Crippen LogP contribution in [0.1, 0.15) is 40.7 Å². The van der Waals surface area contributed by atoms with E-state index in [1.807, 2.05) is 42.5 Å². The molecular weight excluding hydrogens is 596 g/mol. The fourth-order valence-electron chi connectivity index (χ4n) is 5.60. The molecular formula is C37H34N4O6. The summed E-state index contributed by atoms with van der Waals surface area (Å²) in [5, 5.41) is 25.2. The van der Waals surface area contributed by atoms with Crippen LogP contribution < -0.4 is 0 Å². The van der Waals surface area contributed by atoms with E-state index in [4.69, 9.17) is 20.2 Å². The van der Waals surface area contributed by atoms with Crippen LogP contribution in [0.3, 0.4) is 0 Å². The molecule has 0 aliphatic heterocycles. The molecule has 10 heteroatoms. The van der Waals surface area contributed by atoms with Crippen LogP contribution in [0.25, 0.3) is 44.6 Å². The van der Waals surface area contributed by atoms with E-state index in [9.17, 15) is 19.5 Å². The average Bonchev–Trinajstić information content (AvgIpc) is 3.58. The van der Waals surface area contributed by atoms with E-state index >= 15 is 0 Å². The molecule has 0 saturated carbocycles. The summed E-state index contributed by atoms with van der Waals surface area (Å²) in [4.78, 5) is 40.8. The zero-order valence-corrected chi connectivity index (χ0v) is 26.2. The van der Waals surface area contributed by atoms with Crippen molar-refractivity contribution in [2.75, 3.05) is 0 Å². The summed E-state index contributed by atoms with van der Waals surface area (Å²) < 4.78 is 4.47. The molecule has 0 fully saturated rings. The van der Waals surface area contributed by atoms with Crippen molar-refractivity contribution in [2.24, 2.45) is 7.05 Å². The van der Waals surface area contributed by atoms with Gasteiger partial charge in [-0.15, -0.1) is 0 Å². The van der Waals surface area contributed by atoms with Crippen LogP contribution in [0.2, 0.25) is 0 Å². The standard InChI is InChI=1S/C33H30N4O2.C4H4O4/c1-4-9-30-35-31-21(2)18-24(32-34-27-12-7-8-13-28(27)36(32)3)19-29(31)37(30)20-22-14-16-23(17-15-22)25-10-5-6-11-26(25)33(38)39;5-3(6)1-2-4(7)8/h5-8,10-19H,4,9,20H2,1-3H3,(H,38,39);1-2H,(H,5,6)(H,7,8). The maximum atomic E-state index is 11.7. The number of aromatic carboxylic acids is 1. The number of hydrogen-bond acceptors (Lipinski definition) is 5. The molecule has 0 aliphatic carbocycles. The monoisotopic (exact) mass is 630 g/mol. The molecule has 0 unspecified atom stereocenters. The first-order valence-electron chi connectivity index (χ1n) is 15.0. The third-order valence-corrected chi connectivity index (χ3v) is 7.77. The van der Waals surface area contributed by atoms with E-state index in [1.54, 1.807) is 12.1 Å². The Morgan fingerprint density at radius 3 is 2.09 bits per heavy atom. The lowest BCUT2D eigenvalue weighted by Crippen LogP contribution is -2.05. The molecule has 0 saturated heterocycles. The summed E-state index contributed by atoms with van der Waals surface area (Å²) in [6.07, 6.45) is 3.01. The number of aliphatic carboxylic acids is 2. The quantitative estimate of drug-likeness (QED) is 0.145. The number of rotatable bonds is 9. The number of fused-ring (bicyclic) bond motifs is 2. The number of carboxylic acid groups (broad SMARTS) is 3. The number of para-hydroxylation sites is 2. The maximum absolute atomic E-state index is 11.7. The van der Waals surface area contributed by atoms with Crippen LogP contribution in [0, 0.1) is 6.92 Å². The summed E-state index contributed by atoms with van der Waals surface area (Å²) in [6, 6.07) is 27.9. The molecule has 0 radical (unpaired) electrons. The van der Waals surface area contributed by atoms with E-state index < -0.39 is 17.9 Å². The van der Waals surface area contributed by atoms with Gasteiger partial charge in [0.05, 0.1) is 27.6 Å². The van der Waals surface area contributed by atoms with Crippen LogP contribution in [0.15, 0.2) is 97.1 Å². The second kappa shape index (κ2) is 13.9. The molecule has 0 amide bonds. The van der Waals surface area contributed by atoms with Gasteiger partial charge in [-0.3, -0.25) is 0 Å². The van der Waals surface area contributed by atoms with Gasteiger partial charge in [0.25, 0.3) is 0 Å². The molecule has 0 atom stereocenters. The van der Waals surface area contributed by atoms with Crippen molar-refractivity contribution < 1.29 is 29.7 Å². The van der Waals surface area contributed by atoms with Crippen molar-refractivity contribution >= 4 is 40.0 Å². The Labute approximate surface area is 270 Å². The molecule has 47 heavy (non-hydrogen) atoms. The van der Waals surface area contributed by atoms with Gasteiger partial charge in [-0.1, -0.05) is 61.5 Å². The third-order valence-electron chi connectivity index (χ3n) is 7.77. The van der Waals surface area contributed by atoms with Gasteiger partial charge in [0, 0.05) is 37.7 Å².